The predicted molar refractivity (Wildman–Crippen MR) is 89.5 cm³/mol. The van der Waals surface area contributed by atoms with Crippen molar-refractivity contribution in [2.45, 2.75) is 58.8 Å². The maximum atomic E-state index is 10.7. The van der Waals surface area contributed by atoms with Crippen LogP contribution in [-0.4, -0.2) is 24.0 Å². The van der Waals surface area contributed by atoms with Crippen molar-refractivity contribution in [2.75, 3.05) is 13.1 Å². The fourth-order valence-electron chi connectivity index (χ4n) is 2.70. The zero-order valence-corrected chi connectivity index (χ0v) is 14.2. The quantitative estimate of drug-likeness (QED) is 0.874. The van der Waals surface area contributed by atoms with E-state index in [2.05, 4.69) is 64.0 Å². The van der Waals surface area contributed by atoms with Crippen LogP contribution in [0.4, 0.5) is 0 Å². The Morgan fingerprint density at radius 1 is 1.05 bits per heavy atom. The normalized spacial score (nSPS) is 15.8. The third-order valence-corrected chi connectivity index (χ3v) is 3.90. The summed E-state index contributed by atoms with van der Waals surface area (Å²) in [5, 5.41) is 14.0. The van der Waals surface area contributed by atoms with E-state index in [0.29, 0.717) is 5.75 Å². The lowest BCUT2D eigenvalue weighted by Gasteiger charge is -2.28. The first kappa shape index (κ1) is 15.9. The number of aliphatic imine (C=N–C) groups is 1. The van der Waals surface area contributed by atoms with E-state index in [1.165, 1.54) is 5.56 Å². The molecule has 0 aromatic heterocycles. The van der Waals surface area contributed by atoms with Gasteiger partial charge in [-0.15, -0.1) is 0 Å². The van der Waals surface area contributed by atoms with Crippen molar-refractivity contribution in [3.8, 4) is 5.75 Å². The van der Waals surface area contributed by atoms with Gasteiger partial charge >= 0.3 is 0 Å². The average Bonchev–Trinajstić information content (AvgIpc) is 2.81. The fraction of sp³-hybridized carbons (Fsp3) is 0.611. The van der Waals surface area contributed by atoms with E-state index in [1.807, 2.05) is 0 Å². The maximum absolute atomic E-state index is 10.7. The summed E-state index contributed by atoms with van der Waals surface area (Å²) in [4.78, 5) is 4.48. The van der Waals surface area contributed by atoms with Crippen molar-refractivity contribution in [1.29, 1.82) is 0 Å². The molecule has 0 atom stereocenters. The number of benzene rings is 1. The van der Waals surface area contributed by atoms with Gasteiger partial charge in [0.05, 0.1) is 6.54 Å². The van der Waals surface area contributed by atoms with Gasteiger partial charge in [-0.2, -0.15) is 0 Å². The number of phenolic OH excluding ortho intramolecular Hbond substituents is 1. The second-order valence-corrected chi connectivity index (χ2v) is 7.97. The Labute approximate surface area is 128 Å². The lowest BCUT2D eigenvalue weighted by molar-refractivity contribution is 0.423. The molecule has 0 saturated heterocycles. The van der Waals surface area contributed by atoms with Crippen LogP contribution in [0.3, 0.4) is 0 Å². The van der Waals surface area contributed by atoms with Crippen LogP contribution in [0.1, 0.15) is 58.2 Å². The smallest absolute Gasteiger partial charge is 0.123 e. The summed E-state index contributed by atoms with van der Waals surface area (Å²) in [6.07, 6.45) is 0.812. The summed E-state index contributed by atoms with van der Waals surface area (Å²) in [5.41, 5.74) is 3.10. The van der Waals surface area contributed by atoms with E-state index in [1.54, 1.807) is 0 Å². The molecule has 116 valence electrons. The first-order valence-corrected chi connectivity index (χ1v) is 7.73. The molecule has 3 nitrogen and oxygen atoms in total. The molecule has 0 fully saturated rings. The van der Waals surface area contributed by atoms with Crippen LogP contribution < -0.4 is 5.32 Å². The highest BCUT2D eigenvalue weighted by Gasteiger charge is 2.26. The van der Waals surface area contributed by atoms with Gasteiger partial charge in [0.25, 0.3) is 0 Å². The highest BCUT2D eigenvalue weighted by atomic mass is 16.3. The molecule has 1 aromatic rings. The van der Waals surface area contributed by atoms with Crippen LogP contribution >= 0.6 is 0 Å². The monoisotopic (exact) mass is 288 g/mol. The topological polar surface area (TPSA) is 44.6 Å². The molecule has 2 N–H and O–H groups in total. The van der Waals surface area contributed by atoms with Gasteiger partial charge in [0.2, 0.25) is 0 Å². The van der Waals surface area contributed by atoms with Gasteiger partial charge in [-0.25, -0.2) is 0 Å². The molecule has 1 aliphatic heterocycles. The molecule has 0 radical (unpaired) electrons. The minimum absolute atomic E-state index is 0.0784. The molecule has 21 heavy (non-hydrogen) atoms. The Kier molecular flexibility index (Phi) is 4.05. The van der Waals surface area contributed by atoms with E-state index < -0.39 is 0 Å². The molecule has 0 unspecified atom stereocenters. The summed E-state index contributed by atoms with van der Waals surface area (Å²) >= 11 is 0. The maximum Gasteiger partial charge on any atom is 0.123 e. The third-order valence-electron chi connectivity index (χ3n) is 3.90. The molecule has 0 saturated carbocycles. The first-order chi connectivity index (χ1) is 9.59. The molecule has 2 rings (SSSR count). The van der Waals surface area contributed by atoms with Gasteiger partial charge in [-0.1, -0.05) is 53.7 Å². The van der Waals surface area contributed by atoms with Crippen LogP contribution in [-0.2, 0) is 17.3 Å². The van der Waals surface area contributed by atoms with Crippen molar-refractivity contribution < 1.29 is 5.11 Å². The Hall–Kier alpha value is -1.51. The molecular weight excluding hydrogens is 260 g/mol. The Morgan fingerprint density at radius 2 is 1.57 bits per heavy atom. The minimum atomic E-state index is -0.0784. The fourth-order valence-corrected chi connectivity index (χ4v) is 2.70. The van der Waals surface area contributed by atoms with Crippen molar-refractivity contribution in [3.05, 3.63) is 28.8 Å². The lowest BCUT2D eigenvalue weighted by atomic mass is 9.78. The van der Waals surface area contributed by atoms with Crippen LogP contribution in [0.5, 0.6) is 5.75 Å². The molecule has 1 aliphatic rings. The van der Waals surface area contributed by atoms with E-state index in [4.69, 9.17) is 0 Å². The number of phenols is 1. The largest absolute Gasteiger partial charge is 0.507 e. The summed E-state index contributed by atoms with van der Waals surface area (Å²) in [6.45, 7) is 14.7. The second kappa shape index (κ2) is 5.36. The number of nitrogens with one attached hydrogen (secondary N) is 1. The van der Waals surface area contributed by atoms with E-state index in [0.717, 1.165) is 36.5 Å². The van der Waals surface area contributed by atoms with Gasteiger partial charge in [0.15, 0.2) is 0 Å². The van der Waals surface area contributed by atoms with Crippen LogP contribution in [0.2, 0.25) is 0 Å². The Morgan fingerprint density at radius 3 is 1.95 bits per heavy atom. The summed E-state index contributed by atoms with van der Waals surface area (Å²) in [5.74, 6) is 1.50. The van der Waals surface area contributed by atoms with Gasteiger partial charge < -0.3 is 10.4 Å². The Balaban J connectivity index is 2.51. The molecule has 3 heteroatoms. The van der Waals surface area contributed by atoms with E-state index in [9.17, 15) is 5.11 Å². The SMILES string of the molecule is CC(C)(C)c1cc(CC2=NCCN2)cc(C(C)(C)C)c1O. The highest BCUT2D eigenvalue weighted by Crippen LogP contribution is 2.39. The lowest BCUT2D eigenvalue weighted by Crippen LogP contribution is -2.22. The number of hydrogen-bond donors (Lipinski definition) is 2. The molecular formula is C18H28N2O. The first-order valence-electron chi connectivity index (χ1n) is 7.73. The highest BCUT2D eigenvalue weighted by molar-refractivity contribution is 5.85. The van der Waals surface area contributed by atoms with Gasteiger partial charge in [0.1, 0.15) is 11.6 Å². The minimum Gasteiger partial charge on any atom is -0.507 e. The van der Waals surface area contributed by atoms with Gasteiger partial charge in [-0.3, -0.25) is 4.99 Å². The molecule has 1 aromatic carbocycles. The summed E-state index contributed by atoms with van der Waals surface area (Å²) < 4.78 is 0. The zero-order valence-electron chi connectivity index (χ0n) is 14.2. The summed E-state index contributed by atoms with van der Waals surface area (Å²) in [6, 6.07) is 4.26. The molecule has 1 heterocycles. The zero-order chi connectivity index (χ0) is 15.8. The average molecular weight is 288 g/mol. The number of rotatable bonds is 2. The number of amidine groups is 1. The Bertz CT molecular complexity index is 525. The van der Waals surface area contributed by atoms with E-state index in [-0.39, 0.29) is 10.8 Å². The van der Waals surface area contributed by atoms with Crippen LogP contribution in [0.15, 0.2) is 17.1 Å². The van der Waals surface area contributed by atoms with Gasteiger partial charge in [-0.05, 0) is 27.5 Å². The van der Waals surface area contributed by atoms with Crippen molar-refractivity contribution >= 4 is 5.84 Å². The van der Waals surface area contributed by atoms with Crippen molar-refractivity contribution in [1.82, 2.24) is 5.32 Å². The molecule has 0 bridgehead atoms. The van der Waals surface area contributed by atoms with E-state index >= 15 is 0 Å². The number of aromatic hydroxyl groups is 1. The number of hydrogen-bond acceptors (Lipinski definition) is 3. The molecule has 0 spiro atoms. The van der Waals surface area contributed by atoms with Crippen molar-refractivity contribution in [2.24, 2.45) is 4.99 Å². The molecule has 0 aliphatic carbocycles. The third kappa shape index (κ3) is 3.58. The second-order valence-electron chi connectivity index (χ2n) is 7.97. The predicted octanol–water partition coefficient (Wildman–Crippen LogP) is 3.53. The summed E-state index contributed by atoms with van der Waals surface area (Å²) in [7, 11) is 0. The van der Waals surface area contributed by atoms with Crippen molar-refractivity contribution in [3.63, 3.8) is 0 Å². The van der Waals surface area contributed by atoms with Gasteiger partial charge in [0, 0.05) is 13.0 Å². The standard InChI is InChI=1S/C18H28N2O/c1-17(2,3)13-9-12(11-15-19-7-8-20-15)10-14(16(13)21)18(4,5)6/h9-10,21H,7-8,11H2,1-6H3,(H,19,20). The van der Waals surface area contributed by atoms with Crippen LogP contribution in [0, 0.1) is 0 Å². The number of nitrogens with zero attached hydrogens (tertiary/aromatic N) is 1. The van der Waals surface area contributed by atoms with Crippen LogP contribution in [0.25, 0.3) is 0 Å². The molecule has 0 amide bonds.